The van der Waals surface area contributed by atoms with Crippen LogP contribution < -0.4 is 19.7 Å². The first-order valence-electron chi connectivity index (χ1n) is 10.1. The number of carbonyl (C=O) groups is 2. The van der Waals surface area contributed by atoms with E-state index in [0.29, 0.717) is 24.4 Å². The minimum Gasteiger partial charge on any atom is -0.493 e. The predicted octanol–water partition coefficient (Wildman–Crippen LogP) is 2.40. The maximum Gasteiger partial charge on any atom is 0.243 e. The predicted molar refractivity (Wildman–Crippen MR) is 121 cm³/mol. The summed E-state index contributed by atoms with van der Waals surface area (Å²) < 4.78 is 37.0. The van der Waals surface area contributed by atoms with Crippen LogP contribution >= 0.6 is 0 Å². The van der Waals surface area contributed by atoms with Crippen molar-refractivity contribution in [2.24, 2.45) is 0 Å². The number of ether oxygens (including phenoxy) is 2. The van der Waals surface area contributed by atoms with Crippen LogP contribution in [0.2, 0.25) is 0 Å². The number of rotatable bonds is 8. The molecule has 1 N–H and O–H groups in total. The molecule has 0 unspecified atom stereocenters. The first-order valence-corrected chi connectivity index (χ1v) is 11.5. The molecule has 0 atom stereocenters. The van der Waals surface area contributed by atoms with Crippen LogP contribution in [0.5, 0.6) is 11.5 Å². The van der Waals surface area contributed by atoms with E-state index in [1.807, 2.05) is 6.92 Å². The van der Waals surface area contributed by atoms with Gasteiger partial charge in [0.1, 0.15) is 0 Å². The summed E-state index contributed by atoms with van der Waals surface area (Å²) in [7, 11) is 0.282. The molecule has 1 fully saturated rings. The van der Waals surface area contributed by atoms with Crippen molar-refractivity contribution in [2.75, 3.05) is 44.6 Å². The molecule has 2 aromatic rings. The van der Waals surface area contributed by atoms with Crippen LogP contribution in [0.25, 0.3) is 0 Å². The monoisotopic (exact) mass is 461 g/mol. The Balaban J connectivity index is 1.69. The number of likely N-dealkylation sites (N-methyl/N-ethyl adjacent to an activating group) is 1. The average Bonchev–Trinajstić information content (AvgIpc) is 3.18. The lowest BCUT2D eigenvalue weighted by molar-refractivity contribution is -0.117. The number of anilines is 2. The third-order valence-electron chi connectivity index (χ3n) is 5.27. The van der Waals surface area contributed by atoms with Gasteiger partial charge in [-0.1, -0.05) is 0 Å². The molecule has 0 aromatic heterocycles. The van der Waals surface area contributed by atoms with Crippen molar-refractivity contribution < 1.29 is 27.5 Å². The second-order valence-electron chi connectivity index (χ2n) is 7.48. The Hall–Kier alpha value is -3.11. The minimum absolute atomic E-state index is 0.0130. The normalized spacial score (nSPS) is 14.0. The second kappa shape index (κ2) is 9.58. The molecule has 0 spiro atoms. The molecule has 0 radical (unpaired) electrons. The molecule has 2 amide bonds. The Morgan fingerprint density at radius 3 is 2.44 bits per heavy atom. The van der Waals surface area contributed by atoms with E-state index in [9.17, 15) is 18.0 Å². The average molecular weight is 462 g/mol. The number of hydrogen-bond donors (Lipinski definition) is 1. The topological polar surface area (TPSA) is 105 Å². The third-order valence-corrected chi connectivity index (χ3v) is 7.07. The SMILES string of the molecule is COc1ccc(S(=O)(=O)N(C)CC(=O)Nc2ccc(N3CCCC3=O)c(C)c2)cc1OC. The number of carbonyl (C=O) groups excluding carboxylic acids is 2. The second-order valence-corrected chi connectivity index (χ2v) is 9.52. The molecule has 0 aliphatic carbocycles. The fourth-order valence-electron chi connectivity index (χ4n) is 3.58. The highest BCUT2D eigenvalue weighted by molar-refractivity contribution is 7.89. The number of nitrogens with one attached hydrogen (secondary N) is 1. The van der Waals surface area contributed by atoms with Crippen molar-refractivity contribution in [1.29, 1.82) is 0 Å². The highest BCUT2D eigenvalue weighted by Gasteiger charge is 2.25. The standard InChI is InChI=1S/C22H27N3O6S/c1-15-12-16(7-9-18(15)25-11-5-6-22(25)27)23-21(26)14-24(2)32(28,29)17-8-10-19(30-3)20(13-17)31-4/h7-10,12-13H,5-6,11,14H2,1-4H3,(H,23,26). The Morgan fingerprint density at radius 1 is 1.12 bits per heavy atom. The molecule has 2 aromatic carbocycles. The lowest BCUT2D eigenvalue weighted by Crippen LogP contribution is -2.35. The molecule has 1 aliphatic rings. The van der Waals surface area contributed by atoms with Crippen LogP contribution in [0.4, 0.5) is 11.4 Å². The van der Waals surface area contributed by atoms with E-state index in [2.05, 4.69) is 5.32 Å². The van der Waals surface area contributed by atoms with Gasteiger partial charge >= 0.3 is 0 Å². The van der Waals surface area contributed by atoms with Gasteiger partial charge in [0.25, 0.3) is 0 Å². The van der Waals surface area contributed by atoms with E-state index in [4.69, 9.17) is 9.47 Å². The summed E-state index contributed by atoms with van der Waals surface area (Å²) in [6, 6.07) is 9.50. The largest absolute Gasteiger partial charge is 0.493 e. The molecule has 0 saturated carbocycles. The van der Waals surface area contributed by atoms with Gasteiger partial charge < -0.3 is 19.7 Å². The van der Waals surface area contributed by atoms with Gasteiger partial charge in [0.05, 0.1) is 25.7 Å². The number of methoxy groups -OCH3 is 2. The summed E-state index contributed by atoms with van der Waals surface area (Å²) in [6.45, 7) is 2.18. The number of amides is 2. The maximum atomic E-state index is 12.9. The zero-order valence-corrected chi connectivity index (χ0v) is 19.4. The molecule has 1 saturated heterocycles. The Labute approximate surface area is 188 Å². The van der Waals surface area contributed by atoms with Crippen molar-refractivity contribution in [1.82, 2.24) is 4.31 Å². The number of hydrogen-bond acceptors (Lipinski definition) is 6. The van der Waals surface area contributed by atoms with Gasteiger partial charge in [-0.25, -0.2) is 8.42 Å². The molecular weight excluding hydrogens is 434 g/mol. The van der Waals surface area contributed by atoms with E-state index >= 15 is 0 Å². The van der Waals surface area contributed by atoms with E-state index in [-0.39, 0.29) is 23.1 Å². The van der Waals surface area contributed by atoms with E-state index < -0.39 is 15.9 Å². The van der Waals surface area contributed by atoms with Crippen LogP contribution in [0.3, 0.4) is 0 Å². The minimum atomic E-state index is -3.92. The number of nitrogens with zero attached hydrogens (tertiary/aromatic N) is 2. The quantitative estimate of drug-likeness (QED) is 0.647. The zero-order valence-electron chi connectivity index (χ0n) is 18.5. The number of benzene rings is 2. The van der Waals surface area contributed by atoms with E-state index in [1.54, 1.807) is 23.1 Å². The zero-order chi connectivity index (χ0) is 23.5. The first kappa shape index (κ1) is 23.6. The first-order chi connectivity index (χ1) is 15.2. The summed E-state index contributed by atoms with van der Waals surface area (Å²) in [5.41, 5.74) is 2.20. The highest BCUT2D eigenvalue weighted by Crippen LogP contribution is 2.30. The molecule has 0 bridgehead atoms. The van der Waals surface area contributed by atoms with E-state index in [0.717, 1.165) is 22.0 Å². The summed E-state index contributed by atoms with van der Waals surface area (Å²) in [4.78, 5) is 26.2. The van der Waals surface area contributed by atoms with Gasteiger partial charge in [-0.05, 0) is 49.2 Å². The fourth-order valence-corrected chi connectivity index (χ4v) is 4.73. The van der Waals surface area contributed by atoms with Crippen molar-refractivity contribution in [2.45, 2.75) is 24.7 Å². The van der Waals surface area contributed by atoms with Crippen molar-refractivity contribution >= 4 is 33.2 Å². The lowest BCUT2D eigenvalue weighted by Gasteiger charge is -2.20. The molecule has 172 valence electrons. The summed E-state index contributed by atoms with van der Waals surface area (Å²) in [6.07, 6.45) is 1.37. The smallest absolute Gasteiger partial charge is 0.243 e. The molecule has 10 heteroatoms. The van der Waals surface area contributed by atoms with Crippen LogP contribution in [-0.4, -0.2) is 58.9 Å². The van der Waals surface area contributed by atoms with Gasteiger partial charge in [0.2, 0.25) is 21.8 Å². The molecule has 32 heavy (non-hydrogen) atoms. The van der Waals surface area contributed by atoms with Gasteiger partial charge in [-0.3, -0.25) is 9.59 Å². The fraction of sp³-hybridized carbons (Fsp3) is 0.364. The highest BCUT2D eigenvalue weighted by atomic mass is 32.2. The maximum absolute atomic E-state index is 12.9. The van der Waals surface area contributed by atoms with Crippen LogP contribution in [0, 0.1) is 6.92 Å². The summed E-state index contributed by atoms with van der Waals surface area (Å²) in [5.74, 6) is 0.285. The third kappa shape index (κ3) is 4.86. The van der Waals surface area contributed by atoms with Gasteiger partial charge in [-0.2, -0.15) is 4.31 Å². The molecule has 3 rings (SSSR count). The Morgan fingerprint density at radius 2 is 1.84 bits per heavy atom. The van der Waals surface area contributed by atoms with Crippen LogP contribution in [0.1, 0.15) is 18.4 Å². The molecule has 9 nitrogen and oxygen atoms in total. The van der Waals surface area contributed by atoms with Gasteiger partial charge in [-0.15, -0.1) is 0 Å². The summed E-state index contributed by atoms with van der Waals surface area (Å²) in [5, 5.41) is 2.71. The Bertz CT molecular complexity index is 1130. The summed E-state index contributed by atoms with van der Waals surface area (Å²) >= 11 is 0. The van der Waals surface area contributed by atoms with Crippen LogP contribution in [0.15, 0.2) is 41.3 Å². The molecular formula is C22H27N3O6S. The molecule has 1 aliphatic heterocycles. The lowest BCUT2D eigenvalue weighted by atomic mass is 10.1. The molecule has 1 heterocycles. The van der Waals surface area contributed by atoms with Crippen molar-refractivity contribution in [3.8, 4) is 11.5 Å². The van der Waals surface area contributed by atoms with Gasteiger partial charge in [0.15, 0.2) is 11.5 Å². The number of aryl methyl sites for hydroxylation is 1. The van der Waals surface area contributed by atoms with Crippen LogP contribution in [-0.2, 0) is 19.6 Å². The van der Waals surface area contributed by atoms with E-state index in [1.165, 1.54) is 39.5 Å². The van der Waals surface area contributed by atoms with Crippen molar-refractivity contribution in [3.05, 3.63) is 42.0 Å². The van der Waals surface area contributed by atoms with Crippen molar-refractivity contribution in [3.63, 3.8) is 0 Å². The Kier molecular flexibility index (Phi) is 7.05. The number of sulfonamides is 1. The van der Waals surface area contributed by atoms with Gasteiger partial charge in [0, 0.05) is 37.5 Å².